The first kappa shape index (κ1) is 15.1. The van der Waals surface area contributed by atoms with Crippen molar-refractivity contribution in [3.8, 4) is 5.75 Å². The molecule has 0 fully saturated rings. The van der Waals surface area contributed by atoms with Crippen LogP contribution in [0.2, 0.25) is 0 Å². The Morgan fingerprint density at radius 3 is 2.79 bits per heavy atom. The molecule has 0 N–H and O–H groups in total. The molecule has 4 heteroatoms. The van der Waals surface area contributed by atoms with Crippen LogP contribution >= 0.6 is 11.8 Å². The van der Waals surface area contributed by atoms with E-state index in [4.69, 9.17) is 4.74 Å². The number of methoxy groups -OCH3 is 1. The molecular weight excluding hydrogens is 316 g/mol. The van der Waals surface area contributed by atoms with Crippen molar-refractivity contribution in [2.75, 3.05) is 19.1 Å². The second-order valence-corrected chi connectivity index (χ2v) is 6.94. The summed E-state index contributed by atoms with van der Waals surface area (Å²) in [7, 11) is 5.89. The van der Waals surface area contributed by atoms with Crippen LogP contribution < -0.4 is 14.2 Å². The third kappa shape index (κ3) is 2.43. The minimum absolute atomic E-state index is 0.889. The number of benzene rings is 2. The van der Waals surface area contributed by atoms with Crippen LogP contribution in [0.15, 0.2) is 64.7 Å². The molecule has 120 valence electrons. The number of rotatable bonds is 2. The highest BCUT2D eigenvalue weighted by Crippen LogP contribution is 2.47. The molecule has 0 spiro atoms. The number of nitrogens with zero attached hydrogens (tertiary/aromatic N) is 2. The molecule has 2 aromatic carbocycles. The molecule has 0 aliphatic carbocycles. The summed E-state index contributed by atoms with van der Waals surface area (Å²) in [5.41, 5.74) is 3.66. The van der Waals surface area contributed by atoms with Crippen LogP contribution in [0.25, 0.3) is 17.0 Å². The lowest BCUT2D eigenvalue weighted by atomic mass is 10.1. The van der Waals surface area contributed by atoms with Crippen LogP contribution in [0.4, 0.5) is 5.69 Å². The van der Waals surface area contributed by atoms with E-state index in [1.807, 2.05) is 6.07 Å². The summed E-state index contributed by atoms with van der Waals surface area (Å²) in [4.78, 5) is 3.49. The highest BCUT2D eigenvalue weighted by Gasteiger charge is 2.23. The molecule has 0 atom stereocenters. The lowest BCUT2D eigenvalue weighted by Gasteiger charge is -2.14. The third-order valence-corrected chi connectivity index (χ3v) is 5.59. The Hall–Kier alpha value is -2.46. The van der Waals surface area contributed by atoms with E-state index in [2.05, 4.69) is 78.3 Å². The van der Waals surface area contributed by atoms with Gasteiger partial charge >= 0.3 is 0 Å². The lowest BCUT2D eigenvalue weighted by Crippen LogP contribution is -2.28. The van der Waals surface area contributed by atoms with Crippen LogP contribution in [0.1, 0.15) is 5.56 Å². The van der Waals surface area contributed by atoms with Crippen molar-refractivity contribution < 1.29 is 9.30 Å². The highest BCUT2D eigenvalue weighted by atomic mass is 32.2. The number of aryl methyl sites for hydroxylation is 1. The van der Waals surface area contributed by atoms with E-state index in [0.29, 0.717) is 0 Å². The van der Waals surface area contributed by atoms with Gasteiger partial charge in [-0.2, -0.15) is 0 Å². The zero-order chi connectivity index (χ0) is 16.7. The molecule has 0 saturated carbocycles. The van der Waals surface area contributed by atoms with E-state index < -0.39 is 0 Å². The summed E-state index contributed by atoms with van der Waals surface area (Å²) in [6, 6.07) is 16.9. The maximum Gasteiger partial charge on any atom is 0.212 e. The molecule has 0 saturated heterocycles. The number of hydrogen-bond donors (Lipinski definition) is 0. The Bertz CT molecular complexity index is 965. The van der Waals surface area contributed by atoms with Gasteiger partial charge in [0.15, 0.2) is 6.20 Å². The Morgan fingerprint density at radius 2 is 1.96 bits per heavy atom. The van der Waals surface area contributed by atoms with E-state index >= 15 is 0 Å². The standard InChI is InChI=1S/C20H19N2OS/c1-21-11-10-14(16-6-4-5-7-17(16)21)12-20-22(2)18-13-15(23-3)8-9-19(18)24-20/h4-13H,1-3H3/q+1. The Labute approximate surface area is 146 Å². The molecular formula is C20H19N2OS+. The van der Waals surface area contributed by atoms with Gasteiger partial charge in [0.05, 0.1) is 23.2 Å². The minimum atomic E-state index is 0.889. The number of thioether (sulfide) groups is 1. The van der Waals surface area contributed by atoms with E-state index in [-0.39, 0.29) is 0 Å². The number of fused-ring (bicyclic) bond motifs is 2. The monoisotopic (exact) mass is 335 g/mol. The number of para-hydroxylation sites is 1. The number of aromatic nitrogens is 1. The normalized spacial score (nSPS) is 15.1. The zero-order valence-corrected chi connectivity index (χ0v) is 14.8. The Kier molecular flexibility index (Phi) is 3.69. The van der Waals surface area contributed by atoms with Crippen LogP contribution in [0, 0.1) is 0 Å². The smallest absolute Gasteiger partial charge is 0.212 e. The molecule has 0 amide bonds. The number of ether oxygens (including phenoxy) is 1. The van der Waals surface area contributed by atoms with Gasteiger partial charge in [-0.25, -0.2) is 4.57 Å². The fourth-order valence-electron chi connectivity index (χ4n) is 3.05. The van der Waals surface area contributed by atoms with E-state index in [9.17, 15) is 0 Å². The van der Waals surface area contributed by atoms with Crippen molar-refractivity contribution in [2.45, 2.75) is 4.90 Å². The van der Waals surface area contributed by atoms with Crippen molar-refractivity contribution in [1.29, 1.82) is 0 Å². The molecule has 4 rings (SSSR count). The number of pyridine rings is 1. The summed E-state index contributed by atoms with van der Waals surface area (Å²) in [5.74, 6) is 0.889. The summed E-state index contributed by atoms with van der Waals surface area (Å²) < 4.78 is 7.51. The topological polar surface area (TPSA) is 16.4 Å². The minimum Gasteiger partial charge on any atom is -0.497 e. The first-order valence-corrected chi connectivity index (χ1v) is 8.68. The van der Waals surface area contributed by atoms with Gasteiger partial charge in [-0.15, -0.1) is 0 Å². The molecule has 24 heavy (non-hydrogen) atoms. The quantitative estimate of drug-likeness (QED) is 0.653. The summed E-state index contributed by atoms with van der Waals surface area (Å²) >= 11 is 1.80. The average Bonchev–Trinajstić information content (AvgIpc) is 2.93. The largest absolute Gasteiger partial charge is 0.497 e. The number of anilines is 1. The summed E-state index contributed by atoms with van der Waals surface area (Å²) in [6.45, 7) is 0. The molecule has 3 aromatic rings. The lowest BCUT2D eigenvalue weighted by molar-refractivity contribution is -0.644. The SMILES string of the molecule is COc1ccc2c(c1)N(C)/C(=C\c1cc[n+](C)c3ccccc13)S2. The van der Waals surface area contributed by atoms with Gasteiger partial charge in [0.2, 0.25) is 5.52 Å². The summed E-state index contributed by atoms with van der Waals surface area (Å²) in [5, 5.41) is 2.48. The molecule has 2 heterocycles. The Morgan fingerprint density at radius 1 is 1.12 bits per heavy atom. The van der Waals surface area contributed by atoms with Gasteiger partial charge in [-0.05, 0) is 29.8 Å². The Balaban J connectivity index is 1.79. The second kappa shape index (κ2) is 5.87. The second-order valence-electron chi connectivity index (χ2n) is 5.88. The van der Waals surface area contributed by atoms with Crippen molar-refractivity contribution in [2.24, 2.45) is 7.05 Å². The van der Waals surface area contributed by atoms with E-state index in [1.165, 1.54) is 32.1 Å². The van der Waals surface area contributed by atoms with Crippen molar-refractivity contribution >= 4 is 34.4 Å². The molecule has 1 aliphatic heterocycles. The fraction of sp³-hybridized carbons (Fsp3) is 0.150. The van der Waals surface area contributed by atoms with Crippen molar-refractivity contribution in [3.63, 3.8) is 0 Å². The van der Waals surface area contributed by atoms with Crippen LogP contribution in [-0.4, -0.2) is 14.2 Å². The zero-order valence-electron chi connectivity index (χ0n) is 14.0. The van der Waals surface area contributed by atoms with E-state index in [0.717, 1.165) is 5.75 Å². The first-order chi connectivity index (χ1) is 11.7. The number of hydrogen-bond acceptors (Lipinski definition) is 3. The maximum absolute atomic E-state index is 5.35. The predicted molar refractivity (Wildman–Crippen MR) is 100 cm³/mol. The van der Waals surface area contributed by atoms with Crippen molar-refractivity contribution in [1.82, 2.24) is 0 Å². The molecule has 0 unspecified atom stereocenters. The molecule has 1 aromatic heterocycles. The van der Waals surface area contributed by atoms with Crippen LogP contribution in [0.5, 0.6) is 5.75 Å². The van der Waals surface area contributed by atoms with E-state index in [1.54, 1.807) is 18.9 Å². The van der Waals surface area contributed by atoms with Gasteiger partial charge in [0.25, 0.3) is 0 Å². The molecule has 0 bridgehead atoms. The fourth-order valence-corrected chi connectivity index (χ4v) is 4.13. The molecule has 1 aliphatic rings. The van der Waals surface area contributed by atoms with Gasteiger partial charge in [-0.1, -0.05) is 23.9 Å². The van der Waals surface area contributed by atoms with Gasteiger partial charge in [0.1, 0.15) is 12.8 Å². The van der Waals surface area contributed by atoms with Crippen LogP contribution in [-0.2, 0) is 7.05 Å². The first-order valence-electron chi connectivity index (χ1n) is 7.86. The third-order valence-electron chi connectivity index (χ3n) is 4.42. The average molecular weight is 335 g/mol. The van der Waals surface area contributed by atoms with Gasteiger partial charge in [0, 0.05) is 30.1 Å². The molecule has 0 radical (unpaired) electrons. The molecule has 3 nitrogen and oxygen atoms in total. The van der Waals surface area contributed by atoms with Gasteiger partial charge in [-0.3, -0.25) is 0 Å². The van der Waals surface area contributed by atoms with Gasteiger partial charge < -0.3 is 9.64 Å². The highest BCUT2D eigenvalue weighted by molar-refractivity contribution is 8.03. The summed E-state index contributed by atoms with van der Waals surface area (Å²) in [6.07, 6.45) is 4.38. The van der Waals surface area contributed by atoms with Crippen molar-refractivity contribution in [3.05, 3.63) is 65.3 Å². The predicted octanol–water partition coefficient (Wildman–Crippen LogP) is 4.21. The van der Waals surface area contributed by atoms with Crippen LogP contribution in [0.3, 0.4) is 0 Å². The maximum atomic E-state index is 5.35.